The van der Waals surface area contributed by atoms with Crippen molar-refractivity contribution in [2.75, 3.05) is 0 Å². The molecule has 0 fully saturated rings. The summed E-state index contributed by atoms with van der Waals surface area (Å²) >= 11 is 0. The number of hydrogen-bond acceptors (Lipinski definition) is 5. The first-order valence-corrected chi connectivity index (χ1v) is 6.22. The lowest BCUT2D eigenvalue weighted by Gasteiger charge is -2.01. The SMILES string of the molecule is Cn1cccc(C(=O)N/N=C\c2ccc([N+](=O)[O-])cc2)c1=O. The summed E-state index contributed by atoms with van der Waals surface area (Å²) in [6, 6.07) is 8.63. The summed E-state index contributed by atoms with van der Waals surface area (Å²) in [5.41, 5.74) is 2.33. The van der Waals surface area contributed by atoms with Crippen molar-refractivity contribution in [1.29, 1.82) is 0 Å². The van der Waals surface area contributed by atoms with Crippen LogP contribution in [0.4, 0.5) is 5.69 Å². The van der Waals surface area contributed by atoms with Crippen molar-refractivity contribution in [2.45, 2.75) is 0 Å². The van der Waals surface area contributed by atoms with Gasteiger partial charge in [-0.05, 0) is 29.8 Å². The summed E-state index contributed by atoms with van der Waals surface area (Å²) in [4.78, 5) is 33.6. The Kier molecular flexibility index (Phi) is 4.42. The zero-order chi connectivity index (χ0) is 16.1. The first-order valence-electron chi connectivity index (χ1n) is 6.22. The highest BCUT2D eigenvalue weighted by Crippen LogP contribution is 2.10. The molecule has 8 nitrogen and oxygen atoms in total. The Morgan fingerprint density at radius 2 is 2.00 bits per heavy atom. The van der Waals surface area contributed by atoms with E-state index in [-0.39, 0.29) is 11.3 Å². The second-order valence-corrected chi connectivity index (χ2v) is 4.39. The van der Waals surface area contributed by atoms with Gasteiger partial charge >= 0.3 is 0 Å². The highest BCUT2D eigenvalue weighted by Gasteiger charge is 2.09. The van der Waals surface area contributed by atoms with Gasteiger partial charge in [0.15, 0.2) is 0 Å². The third kappa shape index (κ3) is 3.42. The molecule has 2 aromatic rings. The van der Waals surface area contributed by atoms with Gasteiger partial charge in [0.25, 0.3) is 17.2 Å². The number of carbonyl (C=O) groups is 1. The molecule has 2 rings (SSSR count). The monoisotopic (exact) mass is 300 g/mol. The number of non-ortho nitro benzene ring substituents is 1. The van der Waals surface area contributed by atoms with E-state index < -0.39 is 16.4 Å². The number of benzene rings is 1. The smallest absolute Gasteiger partial charge is 0.276 e. The minimum Gasteiger partial charge on any atom is -0.318 e. The number of nitrogens with one attached hydrogen (secondary N) is 1. The van der Waals surface area contributed by atoms with Gasteiger partial charge in [0, 0.05) is 25.4 Å². The maximum Gasteiger partial charge on any atom is 0.276 e. The molecule has 1 aromatic heterocycles. The summed E-state index contributed by atoms with van der Waals surface area (Å²) in [5.74, 6) is -0.626. The highest BCUT2D eigenvalue weighted by molar-refractivity contribution is 5.94. The standard InChI is InChI=1S/C14H12N4O4/c1-17-8-2-3-12(14(17)20)13(19)16-15-9-10-4-6-11(7-5-10)18(21)22/h2-9H,1H3,(H,16,19)/b15-9-. The van der Waals surface area contributed by atoms with Crippen LogP contribution in [0.5, 0.6) is 0 Å². The minimum atomic E-state index is -0.626. The molecular weight excluding hydrogens is 288 g/mol. The molecule has 8 heteroatoms. The van der Waals surface area contributed by atoms with Crippen LogP contribution in [0.15, 0.2) is 52.5 Å². The summed E-state index contributed by atoms with van der Waals surface area (Å²) < 4.78 is 1.29. The van der Waals surface area contributed by atoms with Gasteiger partial charge < -0.3 is 4.57 Å². The van der Waals surface area contributed by atoms with Crippen molar-refractivity contribution in [1.82, 2.24) is 9.99 Å². The van der Waals surface area contributed by atoms with Crippen LogP contribution in [0, 0.1) is 10.1 Å². The van der Waals surface area contributed by atoms with E-state index in [1.54, 1.807) is 19.3 Å². The molecule has 0 aliphatic heterocycles. The van der Waals surface area contributed by atoms with Crippen molar-refractivity contribution >= 4 is 17.8 Å². The van der Waals surface area contributed by atoms with Crippen LogP contribution in [0.3, 0.4) is 0 Å². The number of amides is 1. The Morgan fingerprint density at radius 3 is 2.64 bits per heavy atom. The number of rotatable bonds is 4. The van der Waals surface area contributed by atoms with Crippen molar-refractivity contribution in [3.05, 3.63) is 74.2 Å². The van der Waals surface area contributed by atoms with E-state index in [0.29, 0.717) is 5.56 Å². The molecule has 1 amide bonds. The first-order chi connectivity index (χ1) is 10.5. The van der Waals surface area contributed by atoms with Crippen molar-refractivity contribution in [2.24, 2.45) is 12.1 Å². The third-order valence-electron chi connectivity index (χ3n) is 2.85. The lowest BCUT2D eigenvalue weighted by molar-refractivity contribution is -0.384. The predicted octanol–water partition coefficient (Wildman–Crippen LogP) is 1.06. The number of pyridine rings is 1. The summed E-state index contributed by atoms with van der Waals surface area (Å²) in [5, 5.41) is 14.2. The van der Waals surface area contributed by atoms with Gasteiger partial charge in [-0.15, -0.1) is 0 Å². The Hall–Kier alpha value is -3.29. The molecule has 0 aliphatic rings. The fraction of sp³-hybridized carbons (Fsp3) is 0.0714. The number of nitrogens with zero attached hydrogens (tertiary/aromatic N) is 3. The Labute approximate surface area is 124 Å². The second kappa shape index (κ2) is 6.44. The summed E-state index contributed by atoms with van der Waals surface area (Å²) in [6.07, 6.45) is 2.87. The van der Waals surface area contributed by atoms with Gasteiger partial charge in [0.1, 0.15) is 5.56 Å². The fourth-order valence-electron chi connectivity index (χ4n) is 1.68. The molecule has 0 unspecified atom stereocenters. The minimum absolute atomic E-state index is 0.0224. The molecule has 0 saturated carbocycles. The number of hydrogen-bond donors (Lipinski definition) is 1. The highest BCUT2D eigenvalue weighted by atomic mass is 16.6. The number of aromatic nitrogens is 1. The molecule has 1 aromatic carbocycles. The maximum atomic E-state index is 11.8. The average Bonchev–Trinajstić information content (AvgIpc) is 2.50. The molecule has 1 heterocycles. The third-order valence-corrected chi connectivity index (χ3v) is 2.85. The fourth-order valence-corrected chi connectivity index (χ4v) is 1.68. The molecular formula is C14H12N4O4. The van der Waals surface area contributed by atoms with Gasteiger partial charge in [-0.1, -0.05) is 0 Å². The quantitative estimate of drug-likeness (QED) is 0.517. The van der Waals surface area contributed by atoms with Gasteiger partial charge in [-0.3, -0.25) is 19.7 Å². The van der Waals surface area contributed by atoms with E-state index >= 15 is 0 Å². The van der Waals surface area contributed by atoms with E-state index in [4.69, 9.17) is 0 Å². The van der Waals surface area contributed by atoms with Gasteiger partial charge in [-0.25, -0.2) is 5.43 Å². The van der Waals surface area contributed by atoms with Crippen LogP contribution in [0.2, 0.25) is 0 Å². The second-order valence-electron chi connectivity index (χ2n) is 4.39. The average molecular weight is 300 g/mol. The molecule has 0 radical (unpaired) electrons. The van der Waals surface area contributed by atoms with Crippen molar-refractivity contribution in [3.63, 3.8) is 0 Å². The predicted molar refractivity (Wildman–Crippen MR) is 79.8 cm³/mol. The number of nitro benzene ring substituents is 1. The zero-order valence-electron chi connectivity index (χ0n) is 11.6. The van der Waals surface area contributed by atoms with Gasteiger partial charge in [0.05, 0.1) is 11.1 Å². The van der Waals surface area contributed by atoms with Crippen LogP contribution < -0.4 is 11.0 Å². The summed E-state index contributed by atoms with van der Waals surface area (Å²) in [6.45, 7) is 0. The van der Waals surface area contributed by atoms with E-state index in [1.165, 1.54) is 41.1 Å². The van der Waals surface area contributed by atoms with Crippen LogP contribution in [-0.2, 0) is 7.05 Å². The van der Waals surface area contributed by atoms with Crippen LogP contribution >= 0.6 is 0 Å². The van der Waals surface area contributed by atoms with Crippen LogP contribution in [0.1, 0.15) is 15.9 Å². The lowest BCUT2D eigenvalue weighted by atomic mass is 10.2. The molecule has 0 bridgehead atoms. The maximum absolute atomic E-state index is 11.8. The van der Waals surface area contributed by atoms with E-state index in [9.17, 15) is 19.7 Å². The zero-order valence-corrected chi connectivity index (χ0v) is 11.6. The molecule has 22 heavy (non-hydrogen) atoms. The van der Waals surface area contributed by atoms with Crippen LogP contribution in [-0.4, -0.2) is 21.6 Å². The van der Waals surface area contributed by atoms with E-state index in [1.807, 2.05) is 0 Å². The molecule has 0 saturated heterocycles. The molecule has 0 aliphatic carbocycles. The van der Waals surface area contributed by atoms with E-state index in [0.717, 1.165) is 0 Å². The van der Waals surface area contributed by atoms with Gasteiger partial charge in [0.2, 0.25) is 0 Å². The van der Waals surface area contributed by atoms with Crippen molar-refractivity contribution < 1.29 is 9.72 Å². The number of nitro groups is 1. The topological polar surface area (TPSA) is 107 Å². The molecule has 0 spiro atoms. The normalized spacial score (nSPS) is 10.6. The lowest BCUT2D eigenvalue weighted by Crippen LogP contribution is -2.29. The molecule has 112 valence electrons. The van der Waals surface area contributed by atoms with Crippen molar-refractivity contribution in [3.8, 4) is 0 Å². The van der Waals surface area contributed by atoms with Gasteiger partial charge in [-0.2, -0.15) is 5.10 Å². The number of aryl methyl sites for hydroxylation is 1. The molecule has 1 N–H and O–H groups in total. The Balaban J connectivity index is 2.06. The summed E-state index contributed by atoms with van der Waals surface area (Å²) in [7, 11) is 1.54. The van der Waals surface area contributed by atoms with E-state index in [2.05, 4.69) is 10.5 Å². The largest absolute Gasteiger partial charge is 0.318 e. The Morgan fingerprint density at radius 1 is 1.32 bits per heavy atom. The number of carbonyl (C=O) groups excluding carboxylic acids is 1. The first kappa shape index (κ1) is 15.1. The van der Waals surface area contributed by atoms with Crippen LogP contribution in [0.25, 0.3) is 0 Å². The Bertz CT molecular complexity index is 793. The number of hydrazone groups is 1. The molecule has 0 atom stereocenters.